The largest absolute Gasteiger partial charge is 0.493 e. The van der Waals surface area contributed by atoms with Gasteiger partial charge in [-0.15, -0.1) is 0 Å². The van der Waals surface area contributed by atoms with Crippen molar-refractivity contribution in [2.75, 3.05) is 44.0 Å². The number of aromatic nitrogens is 1. The molecule has 2 saturated carbocycles. The highest BCUT2D eigenvalue weighted by molar-refractivity contribution is 6.17. The summed E-state index contributed by atoms with van der Waals surface area (Å²) < 4.78 is 46.2. The van der Waals surface area contributed by atoms with Crippen LogP contribution in [0.5, 0.6) is 23.0 Å². The molecule has 2 fully saturated rings. The first kappa shape index (κ1) is 42.3. The van der Waals surface area contributed by atoms with Gasteiger partial charge in [0.25, 0.3) is 0 Å². The number of ether oxygens (including phenoxy) is 3. The molecule has 0 radical (unpaired) electrons. The fourth-order valence-corrected chi connectivity index (χ4v) is 7.45. The summed E-state index contributed by atoms with van der Waals surface area (Å²) in [5.41, 5.74) is -1.74. The van der Waals surface area contributed by atoms with Crippen molar-refractivity contribution in [2.45, 2.75) is 41.5 Å². The molecule has 4 N–H and O–H groups in total. The summed E-state index contributed by atoms with van der Waals surface area (Å²) in [6, 6.07) is 14.5. The third kappa shape index (κ3) is 8.20. The molecule has 2 unspecified atom stereocenters. The third-order valence-corrected chi connectivity index (χ3v) is 11.7. The lowest BCUT2D eigenvalue weighted by atomic mass is 9.99. The van der Waals surface area contributed by atoms with Crippen molar-refractivity contribution in [2.24, 2.45) is 34.5 Å². The molecule has 1 aromatic heterocycles. The molecule has 2 amide bonds. The van der Waals surface area contributed by atoms with Gasteiger partial charge in [-0.25, -0.2) is 8.78 Å². The van der Waals surface area contributed by atoms with Gasteiger partial charge in [0.2, 0.25) is 11.8 Å². The summed E-state index contributed by atoms with van der Waals surface area (Å²) in [5, 5.41) is 23.3. The normalized spacial score (nSPS) is 21.4. The van der Waals surface area contributed by atoms with Crippen molar-refractivity contribution in [1.82, 2.24) is 9.88 Å². The number of hydrogen-bond acceptors (Lipinski definition) is 9. The quantitative estimate of drug-likeness (QED) is 0.0889. The molecule has 13 nitrogen and oxygen atoms in total. The van der Waals surface area contributed by atoms with E-state index in [2.05, 4.69) is 34.4 Å². The standard InChI is InChI=1S/C35H38F2N4O5.C7H10O4/c1-6-41(7-2)16-17-45-32-20-28-26(19-31(32)44-5)29(14-15-38-28)46-30-13-12-25(18-27(30)37)40-34(43)35(21(3)22(35)4)33(42)39-24-10-8-23(36)9-11-24;1-3-4(2)7(3,5(8)9)6(10)11/h8-15,18-22H,6-7,16-17H2,1-5H3,(H,39,42)(H,40,43);3-4H,1-2H3,(H,8,9)(H,10,11)/t;3-,4+. The van der Waals surface area contributed by atoms with E-state index < -0.39 is 46.2 Å². The minimum atomic E-state index is -1.50. The van der Waals surface area contributed by atoms with E-state index in [0.29, 0.717) is 40.4 Å². The number of likely N-dealkylation sites (N-methyl/N-ethyl adjacent to an activating group) is 1. The molecule has 15 heteroatoms. The number of nitrogens with one attached hydrogen (secondary N) is 2. The predicted octanol–water partition coefficient (Wildman–Crippen LogP) is 7.31. The van der Waals surface area contributed by atoms with E-state index in [0.717, 1.165) is 25.7 Å². The Hall–Kier alpha value is -5.83. The predicted molar refractivity (Wildman–Crippen MR) is 209 cm³/mol. The van der Waals surface area contributed by atoms with Gasteiger partial charge in [-0.1, -0.05) is 41.5 Å². The lowest BCUT2D eigenvalue weighted by Crippen LogP contribution is -2.38. The molecule has 0 bridgehead atoms. The summed E-state index contributed by atoms with van der Waals surface area (Å²) in [6.07, 6.45) is 1.56. The number of carbonyl (C=O) groups excluding carboxylic acids is 2. The number of halogens is 2. The van der Waals surface area contributed by atoms with Crippen LogP contribution in [0.1, 0.15) is 41.5 Å². The number of carboxylic acid groups (broad SMARTS) is 2. The summed E-state index contributed by atoms with van der Waals surface area (Å²) in [7, 11) is 1.54. The fraction of sp³-hybridized carbons (Fsp3) is 0.405. The molecule has 6 rings (SSSR count). The summed E-state index contributed by atoms with van der Waals surface area (Å²) in [6.45, 7) is 14.2. The van der Waals surface area contributed by atoms with Gasteiger partial charge in [0.1, 0.15) is 23.6 Å². The summed E-state index contributed by atoms with van der Waals surface area (Å²) in [4.78, 5) is 54.5. The van der Waals surface area contributed by atoms with Crippen molar-refractivity contribution in [3.63, 3.8) is 0 Å². The minimum Gasteiger partial charge on any atom is -0.493 e. The van der Waals surface area contributed by atoms with Gasteiger partial charge in [-0.05, 0) is 85.3 Å². The zero-order chi connectivity index (χ0) is 41.8. The monoisotopic (exact) mass is 790 g/mol. The fourth-order valence-electron chi connectivity index (χ4n) is 7.45. The Morgan fingerprint density at radius 1 is 0.737 bits per heavy atom. The Bertz CT molecular complexity index is 2110. The van der Waals surface area contributed by atoms with E-state index in [1.54, 1.807) is 59.2 Å². The molecule has 4 aromatic rings. The average Bonchev–Trinajstić information content (AvgIpc) is 3.97. The first-order chi connectivity index (χ1) is 27.1. The Labute approximate surface area is 329 Å². The maximum Gasteiger partial charge on any atom is 0.321 e. The van der Waals surface area contributed by atoms with Crippen molar-refractivity contribution >= 4 is 46.0 Å². The van der Waals surface area contributed by atoms with Gasteiger partial charge < -0.3 is 40.0 Å². The molecule has 1 heterocycles. The van der Waals surface area contributed by atoms with Gasteiger partial charge >= 0.3 is 11.9 Å². The smallest absolute Gasteiger partial charge is 0.321 e. The number of anilines is 2. The average molecular weight is 791 g/mol. The maximum atomic E-state index is 15.4. The second-order valence-corrected chi connectivity index (χ2v) is 14.4. The highest BCUT2D eigenvalue weighted by Crippen LogP contribution is 2.60. The Morgan fingerprint density at radius 2 is 1.30 bits per heavy atom. The van der Waals surface area contributed by atoms with Crippen molar-refractivity contribution < 1.29 is 52.4 Å². The summed E-state index contributed by atoms with van der Waals surface area (Å²) in [5.74, 6) is -4.35. The van der Waals surface area contributed by atoms with E-state index in [1.807, 2.05) is 0 Å². The number of rotatable bonds is 15. The van der Waals surface area contributed by atoms with Crippen LogP contribution < -0.4 is 24.8 Å². The van der Waals surface area contributed by atoms with Crippen molar-refractivity contribution in [3.05, 3.63) is 78.5 Å². The number of amides is 2. The minimum absolute atomic E-state index is 0.0686. The van der Waals surface area contributed by atoms with Crippen LogP contribution in [0.4, 0.5) is 20.2 Å². The van der Waals surface area contributed by atoms with Gasteiger partial charge in [0.15, 0.2) is 28.5 Å². The van der Waals surface area contributed by atoms with E-state index in [9.17, 15) is 23.6 Å². The molecule has 2 aliphatic rings. The van der Waals surface area contributed by atoms with Crippen molar-refractivity contribution in [1.29, 1.82) is 0 Å². The molecule has 4 atom stereocenters. The van der Waals surface area contributed by atoms with Crippen LogP contribution in [-0.4, -0.2) is 77.2 Å². The Kier molecular flexibility index (Phi) is 12.7. The number of fused-ring (bicyclic) bond motifs is 1. The van der Waals surface area contributed by atoms with Crippen LogP contribution in [0.25, 0.3) is 10.9 Å². The van der Waals surface area contributed by atoms with Crippen LogP contribution in [0.15, 0.2) is 66.9 Å². The van der Waals surface area contributed by atoms with Gasteiger partial charge in [-0.3, -0.25) is 24.2 Å². The number of carbonyl (C=O) groups is 4. The van der Waals surface area contributed by atoms with Gasteiger partial charge in [0, 0.05) is 41.6 Å². The number of hydrogen-bond donors (Lipinski definition) is 4. The van der Waals surface area contributed by atoms with Crippen LogP contribution in [0, 0.1) is 46.1 Å². The Balaban J connectivity index is 0.000000486. The number of methoxy groups -OCH3 is 1. The van der Waals surface area contributed by atoms with Crippen molar-refractivity contribution in [3.8, 4) is 23.0 Å². The molecular formula is C42H48F2N4O9. The molecule has 0 aliphatic heterocycles. The molecule has 3 aromatic carbocycles. The van der Waals surface area contributed by atoms with Crippen LogP contribution >= 0.6 is 0 Å². The van der Waals surface area contributed by atoms with E-state index in [4.69, 9.17) is 24.4 Å². The zero-order valence-corrected chi connectivity index (χ0v) is 32.9. The number of benzene rings is 3. The first-order valence-corrected chi connectivity index (χ1v) is 18.7. The molecular weight excluding hydrogens is 742 g/mol. The highest BCUT2D eigenvalue weighted by atomic mass is 19.1. The number of nitrogens with zero attached hydrogens (tertiary/aromatic N) is 2. The van der Waals surface area contributed by atoms with E-state index in [-0.39, 0.29) is 35.1 Å². The second-order valence-electron chi connectivity index (χ2n) is 14.4. The second kappa shape index (κ2) is 17.1. The van der Waals surface area contributed by atoms with E-state index >= 15 is 4.39 Å². The number of pyridine rings is 1. The van der Waals surface area contributed by atoms with Crippen LogP contribution in [-0.2, 0) is 19.2 Å². The molecule has 2 aliphatic carbocycles. The lowest BCUT2D eigenvalue weighted by Gasteiger charge is -2.19. The molecule has 0 spiro atoms. The number of carboxylic acids is 2. The van der Waals surface area contributed by atoms with E-state index in [1.165, 1.54) is 36.4 Å². The zero-order valence-electron chi connectivity index (χ0n) is 32.9. The lowest BCUT2D eigenvalue weighted by molar-refractivity contribution is -0.158. The number of aliphatic carboxylic acids is 2. The highest BCUT2D eigenvalue weighted by Gasteiger charge is 2.71. The summed E-state index contributed by atoms with van der Waals surface area (Å²) >= 11 is 0. The van der Waals surface area contributed by atoms with Gasteiger partial charge in [0.05, 0.1) is 12.6 Å². The molecule has 57 heavy (non-hydrogen) atoms. The SMILES string of the molecule is CCN(CC)CCOc1cc2nccc(Oc3ccc(NC(=O)C4(C(=O)Nc5ccc(F)cc5)C(C)C4C)cc3F)c2cc1OC.C[C@@H]1[C@H](C)C1(C(=O)O)C(=O)O. The van der Waals surface area contributed by atoms with Crippen LogP contribution in [0.2, 0.25) is 0 Å². The molecule has 304 valence electrons. The Morgan fingerprint density at radius 3 is 1.79 bits per heavy atom. The molecule has 0 saturated heterocycles. The topological polar surface area (TPSA) is 177 Å². The van der Waals surface area contributed by atoms with Gasteiger partial charge in [-0.2, -0.15) is 0 Å². The first-order valence-electron chi connectivity index (χ1n) is 18.7. The van der Waals surface area contributed by atoms with Crippen LogP contribution in [0.3, 0.4) is 0 Å². The third-order valence-electron chi connectivity index (χ3n) is 11.7. The maximum absolute atomic E-state index is 15.4.